The number of para-hydroxylation sites is 2. The van der Waals surface area contributed by atoms with Gasteiger partial charge in [0, 0.05) is 66.8 Å². The van der Waals surface area contributed by atoms with E-state index in [0.29, 0.717) is 11.5 Å². The minimum Gasteiger partial charge on any atom is -0.509 e. The minimum absolute atomic E-state index is 0. The first-order valence-corrected chi connectivity index (χ1v) is 23.9. The number of hydrogen-bond acceptors (Lipinski definition) is 4. The molecule has 0 unspecified atom stereocenters. The average molecular weight is 1090 g/mol. The Bertz CT molecular complexity index is 3500. The van der Waals surface area contributed by atoms with Gasteiger partial charge < -0.3 is 19.1 Å². The first-order valence-electron chi connectivity index (χ1n) is 23.9. The molecule has 0 atom stereocenters. The van der Waals surface area contributed by atoms with Crippen LogP contribution in [0.25, 0.3) is 38.8 Å². The Morgan fingerprint density at radius 1 is 0.500 bits per heavy atom. The number of anilines is 4. The molecule has 0 bridgehead atoms. The number of rotatable bonds is 10. The maximum absolute atomic E-state index is 7.20. The molecule has 0 fully saturated rings. The van der Waals surface area contributed by atoms with Crippen LogP contribution in [-0.4, -0.2) is 9.55 Å². The van der Waals surface area contributed by atoms with Crippen LogP contribution in [0.4, 0.5) is 22.7 Å². The molecular weight excluding hydrogens is 1040 g/mol. The molecule has 8 aromatic carbocycles. The van der Waals surface area contributed by atoms with Gasteiger partial charge in [-0.05, 0) is 92.1 Å². The molecule has 1 aliphatic heterocycles. The molecule has 0 saturated heterocycles. The predicted octanol–water partition coefficient (Wildman–Crippen LogP) is 16.6. The first kappa shape index (κ1) is 46.5. The Hall–Kier alpha value is -7.20. The molecule has 0 aliphatic carbocycles. The molecule has 70 heavy (non-hydrogen) atoms. The Morgan fingerprint density at radius 2 is 1.14 bits per heavy atom. The van der Waals surface area contributed by atoms with Gasteiger partial charge in [-0.1, -0.05) is 181 Å². The normalized spacial score (nSPS) is 12.8. The van der Waals surface area contributed by atoms with Crippen LogP contribution in [0, 0.1) is 18.8 Å². The van der Waals surface area contributed by atoms with Crippen molar-refractivity contribution in [3.05, 3.63) is 247 Å². The van der Waals surface area contributed by atoms with E-state index in [4.69, 9.17) is 9.72 Å². The Morgan fingerprint density at radius 3 is 1.84 bits per heavy atom. The third-order valence-electron chi connectivity index (χ3n) is 14.1. The molecule has 0 spiro atoms. The molecule has 1 aliphatic rings. The first-order chi connectivity index (χ1) is 33.3. The topological polar surface area (TPSA) is 33.5 Å². The molecule has 2 aromatic heterocycles. The van der Waals surface area contributed by atoms with Gasteiger partial charge in [0.1, 0.15) is 5.82 Å². The Balaban J connectivity index is 0.00000567. The largest absolute Gasteiger partial charge is 0.509 e. The smallest absolute Gasteiger partial charge is 0.135 e. The van der Waals surface area contributed by atoms with Gasteiger partial charge >= 0.3 is 0 Å². The van der Waals surface area contributed by atoms with Crippen molar-refractivity contribution in [2.45, 2.75) is 64.7 Å². The van der Waals surface area contributed by atoms with Crippen LogP contribution in [0.3, 0.4) is 0 Å². The molecule has 11 rings (SSSR count). The van der Waals surface area contributed by atoms with Gasteiger partial charge in [0.05, 0.1) is 0 Å². The summed E-state index contributed by atoms with van der Waals surface area (Å²) in [7, 11) is 0. The van der Waals surface area contributed by atoms with E-state index >= 15 is 0 Å². The number of fused-ring (bicyclic) bond motifs is 4. The van der Waals surface area contributed by atoms with Crippen molar-refractivity contribution in [3.8, 4) is 28.4 Å². The van der Waals surface area contributed by atoms with Crippen LogP contribution in [-0.2, 0) is 37.3 Å². The van der Waals surface area contributed by atoms with E-state index in [9.17, 15) is 0 Å². The number of aromatic nitrogens is 2. The van der Waals surface area contributed by atoms with Gasteiger partial charge in [0.15, 0.2) is 0 Å². The summed E-state index contributed by atoms with van der Waals surface area (Å²) in [5, 5.41) is 2.18. The van der Waals surface area contributed by atoms with E-state index in [-0.39, 0.29) is 31.9 Å². The summed E-state index contributed by atoms with van der Waals surface area (Å²) in [6.07, 6.45) is 1.93. The summed E-state index contributed by atoms with van der Waals surface area (Å²) in [6, 6.07) is 76.6. The molecule has 5 nitrogen and oxygen atoms in total. The van der Waals surface area contributed by atoms with E-state index in [2.05, 4.69) is 270 Å². The number of benzene rings is 8. The van der Waals surface area contributed by atoms with E-state index in [1.807, 2.05) is 12.3 Å². The summed E-state index contributed by atoms with van der Waals surface area (Å²) in [5.74, 6) is 2.04. The van der Waals surface area contributed by atoms with Crippen molar-refractivity contribution in [2.24, 2.45) is 0 Å². The molecule has 3 heterocycles. The fourth-order valence-electron chi connectivity index (χ4n) is 9.91. The maximum Gasteiger partial charge on any atom is 0.135 e. The van der Waals surface area contributed by atoms with Gasteiger partial charge in [0.25, 0.3) is 0 Å². The second-order valence-corrected chi connectivity index (χ2v) is 20.2. The zero-order chi connectivity index (χ0) is 47.5. The van der Waals surface area contributed by atoms with E-state index < -0.39 is 5.41 Å². The van der Waals surface area contributed by atoms with Gasteiger partial charge in [-0.15, -0.1) is 47.6 Å². The van der Waals surface area contributed by atoms with Gasteiger partial charge in [0.2, 0.25) is 0 Å². The van der Waals surface area contributed by atoms with Crippen molar-refractivity contribution in [1.82, 2.24) is 9.55 Å². The predicted molar refractivity (Wildman–Crippen MR) is 286 cm³/mol. The number of nitrogens with zero attached hydrogens (tertiary/aromatic N) is 4. The van der Waals surface area contributed by atoms with Gasteiger partial charge in [-0.2, -0.15) is 12.1 Å². The molecule has 10 aromatic rings. The van der Waals surface area contributed by atoms with Crippen molar-refractivity contribution < 1.29 is 25.8 Å². The Labute approximate surface area is 427 Å². The molecule has 0 N–H and O–H groups in total. The summed E-state index contributed by atoms with van der Waals surface area (Å²) in [5.41, 5.74) is 13.6. The summed E-state index contributed by atoms with van der Waals surface area (Å²) >= 11 is 0. The summed E-state index contributed by atoms with van der Waals surface area (Å²) in [6.45, 7) is 18.0. The van der Waals surface area contributed by atoms with E-state index in [0.717, 1.165) is 67.1 Å². The molecule has 0 saturated carbocycles. The molecule has 0 radical (unpaired) electrons. The minimum atomic E-state index is -0.430. The van der Waals surface area contributed by atoms with Gasteiger partial charge in [-0.3, -0.25) is 0 Å². The maximum atomic E-state index is 7.20. The van der Waals surface area contributed by atoms with E-state index in [1.54, 1.807) is 0 Å². The zero-order valence-corrected chi connectivity index (χ0v) is 42.9. The second kappa shape index (κ2) is 18.3. The number of hydrogen-bond donors (Lipinski definition) is 0. The standard InChI is InChI=1S/C64H55N4O.Pt/c1-62(2,3)48-26-19-27-50(39-48)66-43-67(58-29-18-17-28-57(58)66)51-31-34-55(64(6,7)47-24-15-10-16-25-47)60(41-51)69-52-32-33-53-54-38-45(44-20-11-8-12-21-44)30-35-56(54)68(59(53)42-52)61-40-49(36-37-65-61)63(4,5)46-22-13-9-14-23-46;/h8-40,43H,1-7H3;/q-3;. The third kappa shape index (κ3) is 8.41. The monoisotopic (exact) mass is 1090 g/mol. The number of pyridine rings is 1. The quantitative estimate of drug-likeness (QED) is 0.128. The van der Waals surface area contributed by atoms with Crippen molar-refractivity contribution in [1.29, 1.82) is 0 Å². The summed E-state index contributed by atoms with van der Waals surface area (Å²) in [4.78, 5) is 9.56. The molecular formula is C64H55N4OPt-3. The summed E-state index contributed by atoms with van der Waals surface area (Å²) < 4.78 is 9.44. The number of ether oxygens (including phenoxy) is 1. The van der Waals surface area contributed by atoms with Crippen molar-refractivity contribution in [2.75, 3.05) is 9.80 Å². The van der Waals surface area contributed by atoms with E-state index in [1.165, 1.54) is 22.3 Å². The van der Waals surface area contributed by atoms with Crippen LogP contribution in [0.5, 0.6) is 11.5 Å². The molecule has 0 amide bonds. The van der Waals surface area contributed by atoms with Crippen LogP contribution >= 0.6 is 0 Å². The van der Waals surface area contributed by atoms with Crippen molar-refractivity contribution in [3.63, 3.8) is 0 Å². The van der Waals surface area contributed by atoms with Crippen LogP contribution < -0.4 is 14.5 Å². The average Bonchev–Trinajstić information content (AvgIpc) is 3.93. The van der Waals surface area contributed by atoms with Crippen LogP contribution in [0.2, 0.25) is 0 Å². The molecule has 6 heteroatoms. The van der Waals surface area contributed by atoms with Crippen LogP contribution in [0.1, 0.15) is 76.3 Å². The van der Waals surface area contributed by atoms with Crippen LogP contribution in [0.15, 0.2) is 200 Å². The zero-order valence-electron chi connectivity index (χ0n) is 40.6. The SMILES string of the molecule is CC(C)(C)c1cccc(N2[CH-]N(c3[c-]c(Oc4[c-]c5c(cc4)c4cc(-c6ccccc6)ccc4n5-c4cc(C(C)(C)c5ccccc5)ccn4)c(C(C)(C)c4ccccc4)cc3)c3ccccc32)c1.[Pt]. The molecule has 350 valence electrons. The second-order valence-electron chi connectivity index (χ2n) is 20.2. The van der Waals surface area contributed by atoms with Crippen molar-refractivity contribution >= 4 is 44.6 Å². The fraction of sp³-hybridized carbons (Fsp3) is 0.156. The fourth-order valence-corrected chi connectivity index (χ4v) is 9.91. The Kier molecular flexibility index (Phi) is 12.1. The van der Waals surface area contributed by atoms with Gasteiger partial charge in [-0.25, -0.2) is 4.98 Å². The third-order valence-corrected chi connectivity index (χ3v) is 14.1.